The summed E-state index contributed by atoms with van der Waals surface area (Å²) in [5.41, 5.74) is 6.93. The summed E-state index contributed by atoms with van der Waals surface area (Å²) in [6, 6.07) is 5.31. The minimum absolute atomic E-state index is 0.0855. The minimum atomic E-state index is -3.01. The maximum Gasteiger partial charge on any atom is 0.201 e. The SMILES string of the molecule is CC1(n2c(N)nc3ccc(Cl)cc32)CCS(=O)(=O)C1. The average Bonchev–Trinajstić information content (AvgIpc) is 2.75. The van der Waals surface area contributed by atoms with Crippen molar-refractivity contribution in [2.75, 3.05) is 17.2 Å². The maximum absolute atomic E-state index is 11.8. The molecule has 3 rings (SSSR count). The van der Waals surface area contributed by atoms with Crippen molar-refractivity contribution in [2.24, 2.45) is 0 Å². The minimum Gasteiger partial charge on any atom is -0.369 e. The van der Waals surface area contributed by atoms with E-state index in [-0.39, 0.29) is 11.5 Å². The molecule has 0 saturated carbocycles. The molecule has 1 aromatic heterocycles. The predicted octanol–water partition coefficient (Wildman–Crippen LogP) is 1.81. The highest BCUT2D eigenvalue weighted by atomic mass is 35.5. The van der Waals surface area contributed by atoms with Crippen LogP contribution in [-0.2, 0) is 15.4 Å². The molecule has 2 aromatic rings. The van der Waals surface area contributed by atoms with E-state index in [2.05, 4.69) is 4.98 Å². The zero-order valence-corrected chi connectivity index (χ0v) is 12.0. The van der Waals surface area contributed by atoms with Crippen LogP contribution in [-0.4, -0.2) is 29.5 Å². The summed E-state index contributed by atoms with van der Waals surface area (Å²) >= 11 is 6.01. The number of anilines is 1. The molecule has 5 nitrogen and oxygen atoms in total. The number of imidazole rings is 1. The van der Waals surface area contributed by atoms with Crippen LogP contribution in [0.1, 0.15) is 13.3 Å². The molecule has 0 spiro atoms. The number of benzene rings is 1. The normalized spacial score (nSPS) is 26.0. The Kier molecular flexibility index (Phi) is 2.59. The molecular formula is C12H14ClN3O2S. The third-order valence-electron chi connectivity index (χ3n) is 3.66. The number of hydrogen-bond donors (Lipinski definition) is 1. The summed E-state index contributed by atoms with van der Waals surface area (Å²) in [7, 11) is -3.01. The van der Waals surface area contributed by atoms with Gasteiger partial charge in [-0.05, 0) is 31.5 Å². The van der Waals surface area contributed by atoms with Crippen LogP contribution in [0.3, 0.4) is 0 Å². The molecule has 2 heterocycles. The Morgan fingerprint density at radius 2 is 2.21 bits per heavy atom. The molecule has 2 N–H and O–H groups in total. The van der Waals surface area contributed by atoms with Gasteiger partial charge in [0.25, 0.3) is 0 Å². The Bertz CT molecular complexity index is 769. The molecule has 1 unspecified atom stereocenters. The molecule has 0 aliphatic carbocycles. The second kappa shape index (κ2) is 3.86. The number of hydrogen-bond acceptors (Lipinski definition) is 4. The van der Waals surface area contributed by atoms with E-state index in [1.54, 1.807) is 22.8 Å². The lowest BCUT2D eigenvalue weighted by Crippen LogP contribution is -2.32. The van der Waals surface area contributed by atoms with Crippen molar-refractivity contribution in [1.29, 1.82) is 0 Å². The summed E-state index contributed by atoms with van der Waals surface area (Å²) in [4.78, 5) is 4.28. The molecule has 1 atom stereocenters. The van der Waals surface area contributed by atoms with Gasteiger partial charge in [0, 0.05) is 5.02 Å². The van der Waals surface area contributed by atoms with Crippen LogP contribution >= 0.6 is 11.6 Å². The van der Waals surface area contributed by atoms with Crippen LogP contribution in [0.4, 0.5) is 5.95 Å². The number of nitrogens with zero attached hydrogens (tertiary/aromatic N) is 2. The third kappa shape index (κ3) is 1.99. The van der Waals surface area contributed by atoms with Gasteiger partial charge in [-0.15, -0.1) is 0 Å². The molecular weight excluding hydrogens is 286 g/mol. The molecule has 102 valence electrons. The highest BCUT2D eigenvalue weighted by Crippen LogP contribution is 2.36. The van der Waals surface area contributed by atoms with Crippen LogP contribution in [0.25, 0.3) is 11.0 Å². The zero-order chi connectivity index (χ0) is 13.8. The van der Waals surface area contributed by atoms with Gasteiger partial charge in [0.1, 0.15) is 0 Å². The number of fused-ring (bicyclic) bond motifs is 1. The lowest BCUT2D eigenvalue weighted by Gasteiger charge is -2.26. The largest absolute Gasteiger partial charge is 0.369 e. The Balaban J connectivity index is 2.25. The van der Waals surface area contributed by atoms with Crippen molar-refractivity contribution in [3.05, 3.63) is 23.2 Å². The molecule has 1 fully saturated rings. The van der Waals surface area contributed by atoms with E-state index < -0.39 is 15.4 Å². The van der Waals surface area contributed by atoms with E-state index in [1.165, 1.54) is 0 Å². The zero-order valence-electron chi connectivity index (χ0n) is 10.4. The van der Waals surface area contributed by atoms with E-state index >= 15 is 0 Å². The van der Waals surface area contributed by atoms with Gasteiger partial charge in [-0.25, -0.2) is 13.4 Å². The average molecular weight is 300 g/mol. The summed E-state index contributed by atoms with van der Waals surface area (Å²) in [6.07, 6.45) is 0.539. The number of nitrogen functional groups attached to an aromatic ring is 1. The number of halogens is 1. The summed E-state index contributed by atoms with van der Waals surface area (Å²) in [5.74, 6) is 0.600. The van der Waals surface area contributed by atoms with Gasteiger partial charge in [-0.2, -0.15) is 0 Å². The van der Waals surface area contributed by atoms with Crippen molar-refractivity contribution in [3.8, 4) is 0 Å². The second-order valence-corrected chi connectivity index (χ2v) is 7.90. The van der Waals surface area contributed by atoms with E-state index in [0.717, 1.165) is 11.0 Å². The molecule has 19 heavy (non-hydrogen) atoms. The highest BCUT2D eigenvalue weighted by molar-refractivity contribution is 7.91. The van der Waals surface area contributed by atoms with Crippen molar-refractivity contribution in [2.45, 2.75) is 18.9 Å². The van der Waals surface area contributed by atoms with Gasteiger partial charge in [-0.3, -0.25) is 0 Å². The molecule has 7 heteroatoms. The summed E-state index contributed by atoms with van der Waals surface area (Å²) in [6.45, 7) is 1.90. The molecule has 1 aliphatic heterocycles. The summed E-state index contributed by atoms with van der Waals surface area (Å²) in [5, 5.41) is 0.582. The van der Waals surface area contributed by atoms with E-state index in [1.807, 2.05) is 6.92 Å². The fourth-order valence-electron chi connectivity index (χ4n) is 2.80. The Morgan fingerprint density at radius 1 is 1.47 bits per heavy atom. The van der Waals surface area contributed by atoms with E-state index in [0.29, 0.717) is 17.4 Å². The summed E-state index contributed by atoms with van der Waals surface area (Å²) < 4.78 is 25.3. The number of nitrogens with two attached hydrogens (primary N) is 1. The smallest absolute Gasteiger partial charge is 0.201 e. The number of rotatable bonds is 1. The predicted molar refractivity (Wildman–Crippen MR) is 76.1 cm³/mol. The first-order valence-corrected chi connectivity index (χ1v) is 8.15. The number of aromatic nitrogens is 2. The van der Waals surface area contributed by atoms with Gasteiger partial charge >= 0.3 is 0 Å². The molecule has 0 radical (unpaired) electrons. The quantitative estimate of drug-likeness (QED) is 0.871. The fraction of sp³-hybridized carbons (Fsp3) is 0.417. The Hall–Kier alpha value is -1.27. The van der Waals surface area contributed by atoms with Crippen molar-refractivity contribution in [1.82, 2.24) is 9.55 Å². The van der Waals surface area contributed by atoms with Gasteiger partial charge < -0.3 is 10.3 Å². The van der Waals surface area contributed by atoms with Crippen LogP contribution in [0.5, 0.6) is 0 Å². The molecule has 0 bridgehead atoms. The van der Waals surface area contributed by atoms with Crippen LogP contribution in [0, 0.1) is 0 Å². The third-order valence-corrected chi connectivity index (χ3v) is 5.79. The second-order valence-electron chi connectivity index (χ2n) is 5.28. The standard InChI is InChI=1S/C12H14ClN3O2S/c1-12(4-5-19(17,18)7-12)16-10-6-8(13)2-3-9(10)15-11(16)14/h2-3,6H,4-5,7H2,1H3,(H2,14,15). The maximum atomic E-state index is 11.8. The monoisotopic (exact) mass is 299 g/mol. The van der Waals surface area contributed by atoms with E-state index in [9.17, 15) is 8.42 Å². The van der Waals surface area contributed by atoms with Crippen LogP contribution in [0.15, 0.2) is 18.2 Å². The van der Waals surface area contributed by atoms with Gasteiger partial charge in [0.2, 0.25) is 5.95 Å². The molecule has 1 aromatic carbocycles. The molecule has 1 saturated heterocycles. The number of sulfone groups is 1. The molecule has 0 amide bonds. The lowest BCUT2D eigenvalue weighted by atomic mass is 10.0. The van der Waals surface area contributed by atoms with Gasteiger partial charge in [-0.1, -0.05) is 11.6 Å². The lowest BCUT2D eigenvalue weighted by molar-refractivity contribution is 0.381. The van der Waals surface area contributed by atoms with Crippen molar-refractivity contribution >= 4 is 38.4 Å². The van der Waals surface area contributed by atoms with Crippen molar-refractivity contribution < 1.29 is 8.42 Å². The van der Waals surface area contributed by atoms with Crippen LogP contribution < -0.4 is 5.73 Å². The van der Waals surface area contributed by atoms with Gasteiger partial charge in [0.15, 0.2) is 9.84 Å². The van der Waals surface area contributed by atoms with Gasteiger partial charge in [0.05, 0.1) is 28.1 Å². The highest BCUT2D eigenvalue weighted by Gasteiger charge is 2.41. The van der Waals surface area contributed by atoms with E-state index in [4.69, 9.17) is 17.3 Å². The topological polar surface area (TPSA) is 78.0 Å². The Morgan fingerprint density at radius 3 is 2.84 bits per heavy atom. The first-order valence-electron chi connectivity index (χ1n) is 5.95. The molecule has 1 aliphatic rings. The van der Waals surface area contributed by atoms with Crippen molar-refractivity contribution in [3.63, 3.8) is 0 Å². The van der Waals surface area contributed by atoms with Crippen LogP contribution in [0.2, 0.25) is 5.02 Å². The first kappa shape index (κ1) is 12.7. The Labute approximate surface area is 116 Å². The fourth-order valence-corrected chi connectivity index (χ4v) is 5.09. The first-order chi connectivity index (χ1) is 8.81.